The molecule has 2 aromatic rings. The van der Waals surface area contributed by atoms with Gasteiger partial charge in [-0.05, 0) is 19.9 Å². The molecule has 0 amide bonds. The van der Waals surface area contributed by atoms with Crippen molar-refractivity contribution in [3.63, 3.8) is 0 Å². The molecule has 0 bridgehead atoms. The van der Waals surface area contributed by atoms with Crippen molar-refractivity contribution in [1.29, 1.82) is 5.26 Å². The zero-order chi connectivity index (χ0) is 21.0. The Labute approximate surface area is 158 Å². The summed E-state index contributed by atoms with van der Waals surface area (Å²) < 4.78 is 10.6. The highest BCUT2D eigenvalue weighted by Gasteiger charge is 2.28. The van der Waals surface area contributed by atoms with Crippen molar-refractivity contribution < 1.29 is 24.3 Å². The average molecular weight is 388 g/mol. The van der Waals surface area contributed by atoms with Gasteiger partial charge in [0, 0.05) is 11.6 Å². The van der Waals surface area contributed by atoms with E-state index in [-0.39, 0.29) is 46.7 Å². The van der Waals surface area contributed by atoms with Gasteiger partial charge >= 0.3 is 11.7 Å². The van der Waals surface area contributed by atoms with Gasteiger partial charge in [0.1, 0.15) is 17.5 Å². The van der Waals surface area contributed by atoms with Crippen molar-refractivity contribution in [1.82, 2.24) is 9.97 Å². The van der Waals surface area contributed by atoms with Gasteiger partial charge in [-0.2, -0.15) is 10.2 Å². The van der Waals surface area contributed by atoms with Crippen LogP contribution in [0.2, 0.25) is 0 Å². The largest absolute Gasteiger partial charge is 0.490 e. The molecule has 0 saturated heterocycles. The summed E-state index contributed by atoms with van der Waals surface area (Å²) in [6.45, 7) is 2.96. The Morgan fingerprint density at radius 2 is 2.11 bits per heavy atom. The predicted molar refractivity (Wildman–Crippen MR) is 96.6 cm³/mol. The first-order chi connectivity index (χ1) is 13.2. The normalized spacial score (nSPS) is 11.3. The number of nitro benzene ring substituents is 1. The third-order valence-electron chi connectivity index (χ3n) is 3.51. The Bertz CT molecular complexity index is 987. The number of nitro groups is 1. The molecule has 12 nitrogen and oxygen atoms in total. The number of nitrogens with zero attached hydrogens (tertiary/aromatic N) is 4. The number of ether oxygens (including phenoxy) is 2. The van der Waals surface area contributed by atoms with Crippen molar-refractivity contribution in [2.75, 3.05) is 18.1 Å². The fraction of sp³-hybridized carbons (Fsp3) is 0.250. The number of nitrogen functional groups attached to an aromatic ring is 2. The molecule has 1 aromatic carbocycles. The van der Waals surface area contributed by atoms with E-state index in [0.717, 1.165) is 6.07 Å². The number of carbonyl (C=O) groups is 1. The second-order valence-corrected chi connectivity index (χ2v) is 5.41. The first-order valence-electron chi connectivity index (χ1n) is 7.87. The van der Waals surface area contributed by atoms with E-state index < -0.39 is 22.7 Å². The number of nitriles is 1. The summed E-state index contributed by atoms with van der Waals surface area (Å²) >= 11 is 0. The molecule has 0 spiro atoms. The van der Waals surface area contributed by atoms with Crippen LogP contribution in [0, 0.1) is 21.4 Å². The Balaban J connectivity index is 2.78. The fourth-order valence-electron chi connectivity index (χ4n) is 2.28. The number of hydrogen-bond acceptors (Lipinski definition) is 10. The molecule has 1 heterocycles. The van der Waals surface area contributed by atoms with Crippen LogP contribution in [-0.2, 0) is 4.79 Å². The summed E-state index contributed by atoms with van der Waals surface area (Å²) in [7, 11) is 0. The number of aliphatic carboxylic acids is 1. The molecule has 0 aliphatic rings. The highest BCUT2D eigenvalue weighted by Crippen LogP contribution is 2.42. The molecule has 0 aliphatic carbocycles. The minimum Gasteiger partial charge on any atom is -0.490 e. The Kier molecular flexibility index (Phi) is 5.79. The van der Waals surface area contributed by atoms with Crippen LogP contribution in [0.4, 0.5) is 17.5 Å². The second-order valence-electron chi connectivity index (χ2n) is 5.41. The van der Waals surface area contributed by atoms with E-state index in [0.29, 0.717) is 0 Å². The molecule has 1 aromatic heterocycles. The van der Waals surface area contributed by atoms with Crippen LogP contribution in [0.5, 0.6) is 11.5 Å². The molecule has 12 heteroatoms. The highest BCUT2D eigenvalue weighted by molar-refractivity contribution is 5.78. The van der Waals surface area contributed by atoms with E-state index in [1.54, 1.807) is 6.92 Å². The lowest BCUT2D eigenvalue weighted by Gasteiger charge is -2.16. The van der Waals surface area contributed by atoms with E-state index >= 15 is 0 Å². The molecule has 0 fully saturated rings. The van der Waals surface area contributed by atoms with Crippen molar-refractivity contribution in [2.24, 2.45) is 0 Å². The Hall–Kier alpha value is -4.14. The van der Waals surface area contributed by atoms with Gasteiger partial charge in [-0.15, -0.1) is 0 Å². The summed E-state index contributed by atoms with van der Waals surface area (Å²) in [5.41, 5.74) is 10.6. The third-order valence-corrected chi connectivity index (χ3v) is 3.51. The summed E-state index contributed by atoms with van der Waals surface area (Å²) in [5, 5.41) is 29.9. The zero-order valence-electron chi connectivity index (χ0n) is 14.9. The van der Waals surface area contributed by atoms with Gasteiger partial charge in [0.25, 0.3) is 0 Å². The van der Waals surface area contributed by atoms with Crippen LogP contribution >= 0.6 is 0 Å². The van der Waals surface area contributed by atoms with E-state index in [1.807, 2.05) is 6.07 Å². The molecule has 0 saturated carbocycles. The molecule has 1 atom stereocenters. The molecule has 1 unspecified atom stereocenters. The number of benzene rings is 1. The van der Waals surface area contributed by atoms with Crippen molar-refractivity contribution in [3.05, 3.63) is 27.8 Å². The zero-order valence-corrected chi connectivity index (χ0v) is 14.9. The van der Waals surface area contributed by atoms with Crippen molar-refractivity contribution in [3.8, 4) is 28.8 Å². The summed E-state index contributed by atoms with van der Waals surface area (Å²) in [5.74, 6) is -2.19. The number of aromatic nitrogens is 2. The molecular formula is C16H16N6O6. The minimum absolute atomic E-state index is 0.0330. The molecule has 146 valence electrons. The quantitative estimate of drug-likeness (QED) is 0.456. The van der Waals surface area contributed by atoms with Crippen LogP contribution in [0.15, 0.2) is 12.1 Å². The summed E-state index contributed by atoms with van der Waals surface area (Å²) in [6, 6.07) is 4.21. The first kappa shape index (κ1) is 20.2. The van der Waals surface area contributed by atoms with Gasteiger partial charge in [0.05, 0.1) is 17.2 Å². The maximum Gasteiger partial charge on any atom is 0.344 e. The minimum atomic E-state index is -1.37. The van der Waals surface area contributed by atoms with Gasteiger partial charge in [-0.1, -0.05) is 0 Å². The topological polar surface area (TPSA) is 201 Å². The number of rotatable bonds is 7. The molecule has 28 heavy (non-hydrogen) atoms. The predicted octanol–water partition coefficient (Wildman–Crippen LogP) is 1.34. The van der Waals surface area contributed by atoms with Crippen LogP contribution in [-0.4, -0.2) is 38.7 Å². The van der Waals surface area contributed by atoms with Crippen LogP contribution in [0.1, 0.15) is 19.4 Å². The van der Waals surface area contributed by atoms with E-state index in [9.17, 15) is 20.2 Å². The smallest absolute Gasteiger partial charge is 0.344 e. The maximum absolute atomic E-state index is 11.6. The number of anilines is 2. The first-order valence-corrected chi connectivity index (χ1v) is 7.87. The van der Waals surface area contributed by atoms with Crippen molar-refractivity contribution in [2.45, 2.75) is 20.0 Å². The van der Waals surface area contributed by atoms with E-state index in [1.165, 1.54) is 13.0 Å². The highest BCUT2D eigenvalue weighted by atomic mass is 16.6. The maximum atomic E-state index is 11.6. The summed E-state index contributed by atoms with van der Waals surface area (Å²) in [6.07, 6.45) is -1.37. The van der Waals surface area contributed by atoms with Crippen LogP contribution in [0.25, 0.3) is 11.3 Å². The summed E-state index contributed by atoms with van der Waals surface area (Å²) in [4.78, 5) is 29.5. The Morgan fingerprint density at radius 3 is 2.64 bits per heavy atom. The molecule has 2 rings (SSSR count). The monoisotopic (exact) mass is 388 g/mol. The Morgan fingerprint density at radius 1 is 1.43 bits per heavy atom. The lowest BCUT2D eigenvalue weighted by Crippen LogP contribution is -2.23. The van der Waals surface area contributed by atoms with E-state index in [2.05, 4.69) is 9.97 Å². The molecule has 5 N–H and O–H groups in total. The van der Waals surface area contributed by atoms with Crippen LogP contribution < -0.4 is 20.9 Å². The van der Waals surface area contributed by atoms with Crippen molar-refractivity contribution >= 4 is 23.4 Å². The third kappa shape index (κ3) is 3.98. The molecular weight excluding hydrogens is 372 g/mol. The fourth-order valence-corrected chi connectivity index (χ4v) is 2.28. The molecule has 0 aliphatic heterocycles. The van der Waals surface area contributed by atoms with Crippen LogP contribution in [0.3, 0.4) is 0 Å². The second kappa shape index (κ2) is 8.04. The van der Waals surface area contributed by atoms with Gasteiger partial charge < -0.3 is 26.0 Å². The molecule has 0 radical (unpaired) electrons. The lowest BCUT2D eigenvalue weighted by molar-refractivity contribution is -0.386. The van der Waals surface area contributed by atoms with Gasteiger partial charge in [-0.25, -0.2) is 9.78 Å². The standard InChI is InChI=1S/C16H16N6O6/c1-3-27-11-5-8(12-9(6-17)14(18)21-16(19)20-12)4-10(22(25)26)13(11)28-7(2)15(23)24/h4-5,7H,3H2,1-2H3,(H,23,24)(H4,18,19,20,21). The van der Waals surface area contributed by atoms with Gasteiger partial charge in [0.15, 0.2) is 11.9 Å². The number of nitrogens with two attached hydrogens (primary N) is 2. The lowest BCUT2D eigenvalue weighted by atomic mass is 10.0. The SMILES string of the molecule is CCOc1cc(-c2nc(N)nc(N)c2C#N)cc([N+](=O)[O-])c1OC(C)C(=O)O. The number of carboxylic acid groups (broad SMARTS) is 1. The van der Waals surface area contributed by atoms with E-state index in [4.69, 9.17) is 26.0 Å². The average Bonchev–Trinajstić information content (AvgIpc) is 2.62. The number of hydrogen-bond donors (Lipinski definition) is 3. The van der Waals surface area contributed by atoms with Gasteiger partial charge in [0.2, 0.25) is 11.7 Å². The van der Waals surface area contributed by atoms with Gasteiger partial charge in [-0.3, -0.25) is 10.1 Å². The number of carboxylic acids is 1.